The van der Waals surface area contributed by atoms with Gasteiger partial charge in [-0.3, -0.25) is 0 Å². The van der Waals surface area contributed by atoms with Crippen LogP contribution in [-0.4, -0.2) is 55.2 Å². The van der Waals surface area contributed by atoms with E-state index >= 15 is 0 Å². The van der Waals surface area contributed by atoms with E-state index in [0.29, 0.717) is 6.61 Å². The normalized spacial score (nSPS) is 24.4. The molecule has 1 N–H and O–H groups in total. The minimum absolute atomic E-state index is 0.173. The third kappa shape index (κ3) is 7.20. The lowest BCUT2D eigenvalue weighted by Crippen LogP contribution is -2.57. The second-order valence-corrected chi connectivity index (χ2v) is 8.47. The van der Waals surface area contributed by atoms with E-state index in [4.69, 9.17) is 18.9 Å². The number of alkyl carbamates (subject to hydrolysis) is 1. The Morgan fingerprint density at radius 3 is 2.60 bits per heavy atom. The Bertz CT molecular complexity index is 480. The number of hydrogen-bond acceptors (Lipinski definition) is 6. The molecular weight excluding hydrogens is 326 g/mol. The predicted octanol–water partition coefficient (Wildman–Crippen LogP) is 2.42. The maximum absolute atomic E-state index is 12.3. The van der Waals surface area contributed by atoms with E-state index < -0.39 is 35.4 Å². The summed E-state index contributed by atoms with van der Waals surface area (Å²) in [4.78, 5) is 24.4. The van der Waals surface area contributed by atoms with Gasteiger partial charge in [-0.15, -0.1) is 0 Å². The lowest BCUT2D eigenvalue weighted by atomic mass is 10.1. The Kier molecular flexibility index (Phi) is 6.32. The maximum Gasteiger partial charge on any atom is 0.408 e. The van der Waals surface area contributed by atoms with Crippen molar-refractivity contribution in [2.24, 2.45) is 5.92 Å². The Balaban J connectivity index is 1.92. The number of rotatable bonds is 7. The van der Waals surface area contributed by atoms with Gasteiger partial charge in [-0.25, -0.2) is 9.59 Å². The molecule has 2 rings (SSSR count). The molecule has 0 aromatic heterocycles. The summed E-state index contributed by atoms with van der Waals surface area (Å²) in [5, 5.41) is 2.69. The minimum Gasteiger partial charge on any atom is -0.455 e. The van der Waals surface area contributed by atoms with Crippen LogP contribution >= 0.6 is 0 Å². The van der Waals surface area contributed by atoms with Crippen LogP contribution in [0.25, 0.3) is 0 Å². The van der Waals surface area contributed by atoms with E-state index in [1.165, 1.54) is 12.8 Å². The van der Waals surface area contributed by atoms with Gasteiger partial charge in [0.25, 0.3) is 0 Å². The van der Waals surface area contributed by atoms with Crippen LogP contribution in [0, 0.1) is 5.92 Å². The maximum atomic E-state index is 12.3. The summed E-state index contributed by atoms with van der Waals surface area (Å²) in [7, 11) is 0. The smallest absolute Gasteiger partial charge is 0.408 e. The van der Waals surface area contributed by atoms with Crippen molar-refractivity contribution < 1.29 is 28.5 Å². The fraction of sp³-hybridized carbons (Fsp3) is 0.889. The van der Waals surface area contributed by atoms with E-state index in [2.05, 4.69) is 5.32 Å². The highest BCUT2D eigenvalue weighted by Gasteiger charge is 2.41. The van der Waals surface area contributed by atoms with Crippen LogP contribution in [0.3, 0.4) is 0 Å². The van der Waals surface area contributed by atoms with Crippen molar-refractivity contribution >= 4 is 12.1 Å². The number of cyclic esters (lactones) is 1. The highest BCUT2D eigenvalue weighted by molar-refractivity contribution is 5.78. The summed E-state index contributed by atoms with van der Waals surface area (Å²) >= 11 is 0. The number of esters is 1. The first-order valence-electron chi connectivity index (χ1n) is 8.97. The van der Waals surface area contributed by atoms with Gasteiger partial charge in [-0.05, 0) is 47.0 Å². The van der Waals surface area contributed by atoms with Gasteiger partial charge in [0, 0.05) is 6.61 Å². The van der Waals surface area contributed by atoms with Gasteiger partial charge >= 0.3 is 12.1 Å². The Morgan fingerprint density at radius 1 is 1.36 bits per heavy atom. The minimum atomic E-state index is -0.901. The summed E-state index contributed by atoms with van der Waals surface area (Å²) in [6, 6.07) is -0.655. The molecule has 1 aliphatic heterocycles. The molecule has 1 aliphatic carbocycles. The van der Waals surface area contributed by atoms with Crippen molar-refractivity contribution in [3.8, 4) is 0 Å². The summed E-state index contributed by atoms with van der Waals surface area (Å²) in [6.45, 7) is 9.94. The molecular formula is C18H31NO6. The molecule has 1 amide bonds. The zero-order valence-electron chi connectivity index (χ0n) is 15.9. The third-order valence-electron chi connectivity index (χ3n) is 3.95. The molecule has 2 atom stereocenters. The van der Waals surface area contributed by atoms with Gasteiger partial charge in [0.15, 0.2) is 6.10 Å². The molecule has 7 nitrogen and oxygen atoms in total. The highest BCUT2D eigenvalue weighted by Crippen LogP contribution is 2.32. The molecule has 1 saturated carbocycles. The Labute approximate surface area is 149 Å². The molecule has 1 heterocycles. The van der Waals surface area contributed by atoms with E-state index in [9.17, 15) is 9.59 Å². The molecule has 1 saturated heterocycles. The molecule has 7 heteroatoms. The lowest BCUT2D eigenvalue weighted by Gasteiger charge is -2.37. The fourth-order valence-electron chi connectivity index (χ4n) is 2.53. The zero-order valence-corrected chi connectivity index (χ0v) is 15.9. The number of carbonyl (C=O) groups excluding carboxylic acids is 2. The van der Waals surface area contributed by atoms with Gasteiger partial charge in [0.1, 0.15) is 11.2 Å². The molecule has 2 aliphatic rings. The average molecular weight is 357 g/mol. The lowest BCUT2D eigenvalue weighted by molar-refractivity contribution is -0.203. The first kappa shape index (κ1) is 20.0. The van der Waals surface area contributed by atoms with Crippen molar-refractivity contribution in [2.75, 3.05) is 19.8 Å². The van der Waals surface area contributed by atoms with Gasteiger partial charge in [-0.2, -0.15) is 0 Å². The van der Waals surface area contributed by atoms with E-state index in [-0.39, 0.29) is 13.2 Å². The van der Waals surface area contributed by atoms with Crippen LogP contribution in [-0.2, 0) is 23.7 Å². The van der Waals surface area contributed by atoms with Crippen LogP contribution in [0.15, 0.2) is 0 Å². The molecule has 0 bridgehead atoms. The fourth-order valence-corrected chi connectivity index (χ4v) is 2.53. The van der Waals surface area contributed by atoms with Crippen LogP contribution in [0.1, 0.15) is 53.9 Å². The van der Waals surface area contributed by atoms with E-state index in [1.54, 1.807) is 34.6 Å². The SMILES string of the molecule is CC(C)(C)OC(=O)N[C@@H](COCCC1CC1)C1OCC(C)(C)OC1=O. The van der Waals surface area contributed by atoms with Crippen LogP contribution < -0.4 is 5.32 Å². The first-order chi connectivity index (χ1) is 11.6. The molecule has 0 spiro atoms. The van der Waals surface area contributed by atoms with Gasteiger partial charge in [0.05, 0.1) is 19.3 Å². The van der Waals surface area contributed by atoms with Gasteiger partial charge in [-0.1, -0.05) is 12.8 Å². The van der Waals surface area contributed by atoms with Crippen LogP contribution in [0.5, 0.6) is 0 Å². The largest absolute Gasteiger partial charge is 0.455 e. The van der Waals surface area contributed by atoms with Crippen molar-refractivity contribution in [3.05, 3.63) is 0 Å². The van der Waals surface area contributed by atoms with Gasteiger partial charge in [0.2, 0.25) is 0 Å². The highest BCUT2D eigenvalue weighted by atomic mass is 16.6. The second-order valence-electron chi connectivity index (χ2n) is 8.47. The number of amides is 1. The van der Waals surface area contributed by atoms with Crippen molar-refractivity contribution in [3.63, 3.8) is 0 Å². The zero-order chi connectivity index (χ0) is 18.7. The Morgan fingerprint density at radius 2 is 2.04 bits per heavy atom. The first-order valence-corrected chi connectivity index (χ1v) is 8.97. The van der Waals surface area contributed by atoms with Crippen LogP contribution in [0.2, 0.25) is 0 Å². The standard InChI is InChI=1S/C18H31NO6/c1-17(2,3)25-16(21)19-13(10-22-9-8-12-6-7-12)14-15(20)24-18(4,5)11-23-14/h12-14H,6-11H2,1-5H3,(H,19,21)/t13-,14?/m0/s1. The summed E-state index contributed by atoms with van der Waals surface area (Å²) in [5.74, 6) is 0.261. The molecule has 2 fully saturated rings. The second kappa shape index (κ2) is 7.91. The number of carbonyl (C=O) groups is 2. The topological polar surface area (TPSA) is 83.1 Å². The van der Waals surface area contributed by atoms with Crippen LogP contribution in [0.4, 0.5) is 4.79 Å². The molecule has 25 heavy (non-hydrogen) atoms. The average Bonchev–Trinajstić information content (AvgIpc) is 3.23. The van der Waals surface area contributed by atoms with Crippen molar-refractivity contribution in [2.45, 2.75) is 77.2 Å². The number of nitrogens with one attached hydrogen (secondary N) is 1. The number of ether oxygens (including phenoxy) is 4. The molecule has 0 radical (unpaired) electrons. The summed E-state index contributed by atoms with van der Waals surface area (Å²) in [5.41, 5.74) is -1.30. The predicted molar refractivity (Wildman–Crippen MR) is 91.2 cm³/mol. The van der Waals surface area contributed by atoms with Crippen molar-refractivity contribution in [1.29, 1.82) is 0 Å². The summed E-state index contributed by atoms with van der Waals surface area (Å²) in [6.07, 6.45) is 2.01. The number of hydrogen-bond donors (Lipinski definition) is 1. The molecule has 144 valence electrons. The monoisotopic (exact) mass is 357 g/mol. The molecule has 0 aromatic carbocycles. The molecule has 0 aromatic rings. The van der Waals surface area contributed by atoms with Crippen molar-refractivity contribution in [1.82, 2.24) is 5.32 Å². The Hall–Kier alpha value is -1.34. The quantitative estimate of drug-likeness (QED) is 0.556. The van der Waals surface area contributed by atoms with E-state index in [1.807, 2.05) is 0 Å². The van der Waals surface area contributed by atoms with E-state index in [0.717, 1.165) is 12.3 Å². The third-order valence-corrected chi connectivity index (χ3v) is 3.95. The summed E-state index contributed by atoms with van der Waals surface area (Å²) < 4.78 is 22.0. The molecule has 1 unspecified atom stereocenters. The van der Waals surface area contributed by atoms with Gasteiger partial charge < -0.3 is 24.3 Å².